The van der Waals surface area contributed by atoms with Crippen molar-refractivity contribution in [2.24, 2.45) is 5.73 Å². The van der Waals surface area contributed by atoms with Gasteiger partial charge >= 0.3 is 6.18 Å². The molecule has 0 unspecified atom stereocenters. The van der Waals surface area contributed by atoms with Crippen LogP contribution in [0.4, 0.5) is 18.9 Å². The van der Waals surface area contributed by atoms with Crippen LogP contribution in [-0.2, 0) is 6.18 Å². The zero-order valence-electron chi connectivity index (χ0n) is 10.6. The van der Waals surface area contributed by atoms with Crippen molar-refractivity contribution in [2.75, 3.05) is 5.32 Å². The molecule has 0 heterocycles. The van der Waals surface area contributed by atoms with E-state index in [9.17, 15) is 13.2 Å². The molecule has 0 atom stereocenters. The lowest BCUT2D eigenvalue weighted by molar-refractivity contribution is -0.137. The molecule has 0 fully saturated rings. The van der Waals surface area contributed by atoms with Crippen LogP contribution in [0.2, 0.25) is 0 Å². The van der Waals surface area contributed by atoms with E-state index in [0.29, 0.717) is 5.75 Å². The maximum Gasteiger partial charge on any atom is 0.416 e. The summed E-state index contributed by atoms with van der Waals surface area (Å²) < 4.78 is 43.7. The summed E-state index contributed by atoms with van der Waals surface area (Å²) >= 11 is 4.67. The third-order valence-electron chi connectivity index (χ3n) is 2.54. The summed E-state index contributed by atoms with van der Waals surface area (Å²) in [6.07, 6.45) is -4.46. The van der Waals surface area contributed by atoms with Gasteiger partial charge in [-0.15, -0.1) is 0 Å². The van der Waals surface area contributed by atoms with E-state index in [-0.39, 0.29) is 16.5 Å². The molecule has 21 heavy (non-hydrogen) atoms. The fraction of sp³-hybridized carbons (Fsp3) is 0.0714. The molecule has 2 aromatic rings. The first-order chi connectivity index (χ1) is 9.86. The van der Waals surface area contributed by atoms with Crippen LogP contribution < -0.4 is 15.8 Å². The number of hydrogen-bond acceptors (Lipinski definition) is 2. The van der Waals surface area contributed by atoms with Gasteiger partial charge in [0.05, 0.1) is 11.3 Å². The lowest BCUT2D eigenvalue weighted by Gasteiger charge is -2.15. The minimum absolute atomic E-state index is 0.0566. The Hall–Kier alpha value is -2.28. The van der Waals surface area contributed by atoms with Gasteiger partial charge in [-0.25, -0.2) is 0 Å². The van der Waals surface area contributed by atoms with E-state index in [1.54, 1.807) is 30.3 Å². The van der Waals surface area contributed by atoms with Crippen LogP contribution in [0.5, 0.6) is 11.5 Å². The van der Waals surface area contributed by atoms with Crippen LogP contribution in [0.3, 0.4) is 0 Å². The maximum atomic E-state index is 12.7. The number of anilines is 1. The number of halogens is 3. The molecule has 2 rings (SSSR count). The van der Waals surface area contributed by atoms with Crippen LogP contribution in [0.25, 0.3) is 0 Å². The molecular weight excluding hydrogens is 301 g/mol. The maximum absolute atomic E-state index is 12.7. The number of ether oxygens (including phenoxy) is 1. The van der Waals surface area contributed by atoms with Gasteiger partial charge in [-0.05, 0) is 42.5 Å². The number of benzene rings is 2. The SMILES string of the molecule is NC(=S)Nc1cc(C(F)(F)F)ccc1Oc1ccccc1. The third-order valence-corrected chi connectivity index (χ3v) is 2.64. The fourth-order valence-corrected chi connectivity index (χ4v) is 1.75. The lowest BCUT2D eigenvalue weighted by atomic mass is 10.1. The number of hydrogen-bond donors (Lipinski definition) is 2. The van der Waals surface area contributed by atoms with Crippen molar-refractivity contribution in [3.8, 4) is 11.5 Å². The molecule has 0 saturated carbocycles. The standard InChI is InChI=1S/C14H11F3N2OS/c15-14(16,17)9-6-7-12(11(8-9)19-13(18)21)20-10-4-2-1-3-5-10/h1-8H,(H3,18,19,21). The zero-order chi connectivity index (χ0) is 15.5. The molecule has 3 N–H and O–H groups in total. The molecule has 2 aromatic carbocycles. The van der Waals surface area contributed by atoms with Crippen LogP contribution in [-0.4, -0.2) is 5.11 Å². The summed E-state index contributed by atoms with van der Waals surface area (Å²) in [6, 6.07) is 11.7. The molecule has 0 bridgehead atoms. The van der Waals surface area contributed by atoms with Crippen molar-refractivity contribution >= 4 is 23.0 Å². The Balaban J connectivity index is 2.38. The summed E-state index contributed by atoms with van der Waals surface area (Å²) in [7, 11) is 0. The first kappa shape index (κ1) is 15.1. The van der Waals surface area contributed by atoms with Gasteiger partial charge in [-0.2, -0.15) is 13.2 Å². The number of para-hydroxylation sites is 1. The number of nitrogens with two attached hydrogens (primary N) is 1. The van der Waals surface area contributed by atoms with E-state index >= 15 is 0 Å². The summed E-state index contributed by atoms with van der Waals surface area (Å²) in [5.41, 5.74) is 4.57. The van der Waals surface area contributed by atoms with Crippen molar-refractivity contribution in [1.82, 2.24) is 0 Å². The van der Waals surface area contributed by atoms with Gasteiger partial charge in [0, 0.05) is 0 Å². The van der Waals surface area contributed by atoms with Gasteiger partial charge in [0.15, 0.2) is 10.9 Å². The number of nitrogens with one attached hydrogen (secondary N) is 1. The highest BCUT2D eigenvalue weighted by atomic mass is 32.1. The topological polar surface area (TPSA) is 47.3 Å². The Labute approximate surface area is 124 Å². The first-order valence-electron chi connectivity index (χ1n) is 5.87. The lowest BCUT2D eigenvalue weighted by Crippen LogP contribution is -2.19. The molecular formula is C14H11F3N2OS. The van der Waals surface area contributed by atoms with E-state index in [2.05, 4.69) is 17.5 Å². The second kappa shape index (κ2) is 6.01. The Morgan fingerprint density at radius 2 is 1.76 bits per heavy atom. The van der Waals surface area contributed by atoms with Gasteiger partial charge in [-0.3, -0.25) is 0 Å². The molecule has 0 aliphatic carbocycles. The predicted molar refractivity (Wildman–Crippen MR) is 78.4 cm³/mol. The predicted octanol–water partition coefficient (Wildman–Crippen LogP) is 4.15. The molecule has 0 radical (unpaired) electrons. The van der Waals surface area contributed by atoms with E-state index < -0.39 is 11.7 Å². The van der Waals surface area contributed by atoms with Gasteiger partial charge < -0.3 is 15.8 Å². The second-order valence-electron chi connectivity index (χ2n) is 4.11. The minimum atomic E-state index is -4.46. The molecule has 0 saturated heterocycles. The first-order valence-corrected chi connectivity index (χ1v) is 6.27. The molecule has 3 nitrogen and oxygen atoms in total. The summed E-state index contributed by atoms with van der Waals surface area (Å²) in [5.74, 6) is 0.685. The monoisotopic (exact) mass is 312 g/mol. The molecule has 0 amide bonds. The highest BCUT2D eigenvalue weighted by Crippen LogP contribution is 2.36. The van der Waals surface area contributed by atoms with E-state index in [4.69, 9.17) is 10.5 Å². The highest BCUT2D eigenvalue weighted by Gasteiger charge is 2.31. The van der Waals surface area contributed by atoms with Crippen LogP contribution in [0.1, 0.15) is 5.56 Å². The fourth-order valence-electron chi connectivity index (χ4n) is 1.64. The van der Waals surface area contributed by atoms with Crippen LogP contribution >= 0.6 is 12.2 Å². The van der Waals surface area contributed by atoms with Crippen molar-refractivity contribution < 1.29 is 17.9 Å². The van der Waals surface area contributed by atoms with E-state index in [1.165, 1.54) is 6.07 Å². The molecule has 0 aromatic heterocycles. The Morgan fingerprint density at radius 1 is 1.10 bits per heavy atom. The van der Waals surface area contributed by atoms with Crippen LogP contribution in [0.15, 0.2) is 48.5 Å². The van der Waals surface area contributed by atoms with Gasteiger partial charge in [0.1, 0.15) is 5.75 Å². The van der Waals surface area contributed by atoms with Crippen molar-refractivity contribution in [2.45, 2.75) is 6.18 Å². The summed E-state index contributed by atoms with van der Waals surface area (Å²) in [4.78, 5) is 0. The third kappa shape index (κ3) is 4.09. The summed E-state index contributed by atoms with van der Waals surface area (Å²) in [5, 5.41) is 2.34. The van der Waals surface area contributed by atoms with Gasteiger partial charge in [-0.1, -0.05) is 18.2 Å². The Bertz CT molecular complexity index is 644. The molecule has 0 spiro atoms. The Morgan fingerprint density at radius 3 is 2.33 bits per heavy atom. The van der Waals surface area contributed by atoms with Gasteiger partial charge in [0.2, 0.25) is 0 Å². The highest BCUT2D eigenvalue weighted by molar-refractivity contribution is 7.80. The van der Waals surface area contributed by atoms with Gasteiger partial charge in [0.25, 0.3) is 0 Å². The molecule has 110 valence electrons. The average Bonchev–Trinajstić information content (AvgIpc) is 2.40. The van der Waals surface area contributed by atoms with Crippen molar-refractivity contribution in [3.63, 3.8) is 0 Å². The quantitative estimate of drug-likeness (QED) is 0.836. The molecule has 7 heteroatoms. The van der Waals surface area contributed by atoms with E-state index in [1.807, 2.05) is 0 Å². The van der Waals surface area contributed by atoms with Crippen molar-refractivity contribution in [1.29, 1.82) is 0 Å². The number of rotatable bonds is 3. The largest absolute Gasteiger partial charge is 0.455 e. The molecule has 0 aliphatic rings. The zero-order valence-corrected chi connectivity index (χ0v) is 11.5. The smallest absolute Gasteiger partial charge is 0.416 e. The summed E-state index contributed by atoms with van der Waals surface area (Å²) in [6.45, 7) is 0. The Kier molecular flexibility index (Phi) is 4.32. The number of alkyl halides is 3. The minimum Gasteiger partial charge on any atom is -0.455 e. The van der Waals surface area contributed by atoms with E-state index in [0.717, 1.165) is 12.1 Å². The molecule has 0 aliphatic heterocycles. The van der Waals surface area contributed by atoms with Crippen molar-refractivity contribution in [3.05, 3.63) is 54.1 Å². The normalized spacial score (nSPS) is 11.0. The average molecular weight is 312 g/mol. The van der Waals surface area contributed by atoms with Crippen LogP contribution in [0, 0.1) is 0 Å². The second-order valence-corrected chi connectivity index (χ2v) is 4.55. The number of thiocarbonyl (C=S) groups is 1.